The number of nitrogens with one attached hydrogen (secondary N) is 1. The van der Waals surface area contributed by atoms with Gasteiger partial charge >= 0.3 is 0 Å². The lowest BCUT2D eigenvalue weighted by atomic mass is 10.1. The minimum atomic E-state index is -0.226. The van der Waals surface area contributed by atoms with Crippen LogP contribution in [0.4, 0.5) is 23.0 Å². The topological polar surface area (TPSA) is 122 Å². The van der Waals surface area contributed by atoms with Crippen molar-refractivity contribution in [3.05, 3.63) is 65.5 Å². The third-order valence-corrected chi connectivity index (χ3v) is 5.29. The van der Waals surface area contributed by atoms with Crippen molar-refractivity contribution in [2.75, 3.05) is 23.3 Å². The van der Waals surface area contributed by atoms with Gasteiger partial charge in [-0.1, -0.05) is 30.3 Å². The van der Waals surface area contributed by atoms with Crippen LogP contribution in [0.1, 0.15) is 37.7 Å². The standard InChI is InChI=1S/C25H26N8O/c1-4-32(5-2)20-11-12-21(22(15-20)28-18(3)34)30-31-25-29-23(16-26)24(17-27)33(25)14-13-19-9-7-6-8-10-19/h6-12,15H,4-5,13-14H2,1-3H3,(H,28,34). The van der Waals surface area contributed by atoms with Crippen LogP contribution in [0.15, 0.2) is 58.8 Å². The van der Waals surface area contributed by atoms with E-state index in [0.29, 0.717) is 24.3 Å². The molecule has 0 aliphatic heterocycles. The van der Waals surface area contributed by atoms with E-state index in [1.807, 2.05) is 48.5 Å². The number of carbonyl (C=O) groups excluding carboxylic acids is 1. The van der Waals surface area contributed by atoms with E-state index in [4.69, 9.17) is 0 Å². The minimum absolute atomic E-state index is 0.00322. The molecule has 9 nitrogen and oxygen atoms in total. The third kappa shape index (κ3) is 5.64. The third-order valence-electron chi connectivity index (χ3n) is 5.29. The van der Waals surface area contributed by atoms with Crippen molar-refractivity contribution in [3.63, 3.8) is 0 Å². The van der Waals surface area contributed by atoms with Crippen LogP contribution in [0, 0.1) is 22.7 Å². The second-order valence-corrected chi connectivity index (χ2v) is 7.47. The zero-order valence-electron chi connectivity index (χ0n) is 19.5. The van der Waals surface area contributed by atoms with Crippen LogP contribution < -0.4 is 10.2 Å². The first-order chi connectivity index (χ1) is 16.5. The lowest BCUT2D eigenvalue weighted by Crippen LogP contribution is -2.21. The van der Waals surface area contributed by atoms with Crippen molar-refractivity contribution in [1.82, 2.24) is 9.55 Å². The van der Waals surface area contributed by atoms with Gasteiger partial charge in [-0.15, -0.1) is 10.2 Å². The van der Waals surface area contributed by atoms with Crippen LogP contribution in [0.2, 0.25) is 0 Å². The molecular formula is C25H26N8O. The Kier molecular flexibility index (Phi) is 8.09. The molecular weight excluding hydrogens is 428 g/mol. The number of aryl methyl sites for hydroxylation is 1. The van der Waals surface area contributed by atoms with E-state index >= 15 is 0 Å². The lowest BCUT2D eigenvalue weighted by molar-refractivity contribution is -0.114. The maximum atomic E-state index is 11.8. The maximum absolute atomic E-state index is 11.8. The molecule has 0 radical (unpaired) electrons. The van der Waals surface area contributed by atoms with Gasteiger partial charge in [-0.25, -0.2) is 0 Å². The van der Waals surface area contributed by atoms with Gasteiger partial charge in [0.05, 0.1) is 5.69 Å². The predicted octanol–water partition coefficient (Wildman–Crippen LogP) is 5.09. The molecule has 0 atom stereocenters. The highest BCUT2D eigenvalue weighted by molar-refractivity contribution is 5.93. The minimum Gasteiger partial charge on any atom is -0.372 e. The predicted molar refractivity (Wildman–Crippen MR) is 130 cm³/mol. The molecule has 1 heterocycles. The number of nitriles is 2. The fourth-order valence-electron chi connectivity index (χ4n) is 3.59. The molecule has 1 aromatic heterocycles. The molecule has 0 fully saturated rings. The van der Waals surface area contributed by atoms with Gasteiger partial charge in [-0.3, -0.25) is 9.36 Å². The molecule has 0 aliphatic rings. The Labute approximate surface area is 199 Å². The summed E-state index contributed by atoms with van der Waals surface area (Å²) in [7, 11) is 0. The fourth-order valence-corrected chi connectivity index (χ4v) is 3.59. The smallest absolute Gasteiger partial charge is 0.251 e. The molecule has 0 bridgehead atoms. The fraction of sp³-hybridized carbons (Fsp3) is 0.280. The molecule has 1 N–H and O–H groups in total. The Bertz CT molecular complexity index is 1260. The molecule has 3 aromatic rings. The molecule has 172 valence electrons. The SMILES string of the molecule is CCN(CC)c1ccc(N=Nc2nc(C#N)c(C#N)n2CCc2ccccc2)c(NC(C)=O)c1. The Morgan fingerprint density at radius 2 is 1.82 bits per heavy atom. The molecule has 1 amide bonds. The van der Waals surface area contributed by atoms with Crippen molar-refractivity contribution in [3.8, 4) is 12.1 Å². The van der Waals surface area contributed by atoms with Gasteiger partial charge in [-0.2, -0.15) is 15.5 Å². The van der Waals surface area contributed by atoms with Gasteiger partial charge in [0.2, 0.25) is 5.91 Å². The molecule has 9 heteroatoms. The van der Waals surface area contributed by atoms with Crippen LogP contribution in [0.5, 0.6) is 0 Å². The number of amides is 1. The Balaban J connectivity index is 1.98. The van der Waals surface area contributed by atoms with Crippen molar-refractivity contribution >= 4 is 28.9 Å². The number of anilines is 2. The van der Waals surface area contributed by atoms with E-state index < -0.39 is 0 Å². The maximum Gasteiger partial charge on any atom is 0.251 e. The summed E-state index contributed by atoms with van der Waals surface area (Å²) in [6.07, 6.45) is 0.634. The van der Waals surface area contributed by atoms with E-state index in [-0.39, 0.29) is 23.2 Å². The second kappa shape index (κ2) is 11.4. The highest BCUT2D eigenvalue weighted by atomic mass is 16.1. The van der Waals surface area contributed by atoms with Gasteiger partial charge in [0.25, 0.3) is 5.95 Å². The summed E-state index contributed by atoms with van der Waals surface area (Å²) in [5, 5.41) is 30.4. The van der Waals surface area contributed by atoms with Crippen molar-refractivity contribution in [2.45, 2.75) is 33.7 Å². The largest absolute Gasteiger partial charge is 0.372 e. The Morgan fingerprint density at radius 1 is 1.09 bits per heavy atom. The van der Waals surface area contributed by atoms with E-state index in [9.17, 15) is 15.3 Å². The first kappa shape index (κ1) is 24.1. The van der Waals surface area contributed by atoms with Crippen molar-refractivity contribution in [1.29, 1.82) is 10.5 Å². The highest BCUT2D eigenvalue weighted by Crippen LogP contribution is 2.32. The first-order valence-corrected chi connectivity index (χ1v) is 11.0. The van der Waals surface area contributed by atoms with Crippen LogP contribution in [-0.4, -0.2) is 28.5 Å². The summed E-state index contributed by atoms with van der Waals surface area (Å²) >= 11 is 0. The number of aromatic nitrogens is 2. The number of imidazole rings is 1. The Morgan fingerprint density at radius 3 is 2.44 bits per heavy atom. The lowest BCUT2D eigenvalue weighted by Gasteiger charge is -2.22. The highest BCUT2D eigenvalue weighted by Gasteiger charge is 2.17. The van der Waals surface area contributed by atoms with E-state index in [1.54, 1.807) is 10.6 Å². The monoisotopic (exact) mass is 454 g/mol. The molecule has 0 spiro atoms. The summed E-state index contributed by atoms with van der Waals surface area (Å²) < 4.78 is 1.59. The second-order valence-electron chi connectivity index (χ2n) is 7.47. The summed E-state index contributed by atoms with van der Waals surface area (Å²) in [4.78, 5) is 18.1. The zero-order chi connectivity index (χ0) is 24.5. The van der Waals surface area contributed by atoms with Gasteiger partial charge < -0.3 is 10.2 Å². The number of benzene rings is 2. The molecule has 0 saturated heterocycles. The Hall–Kier alpha value is -4.50. The van der Waals surface area contributed by atoms with Gasteiger partial charge in [-0.05, 0) is 44.0 Å². The van der Waals surface area contributed by atoms with E-state index in [0.717, 1.165) is 24.3 Å². The van der Waals surface area contributed by atoms with Crippen molar-refractivity contribution < 1.29 is 4.79 Å². The number of rotatable bonds is 9. The average molecular weight is 455 g/mol. The summed E-state index contributed by atoms with van der Waals surface area (Å²) in [5.74, 6) is -0.0679. The van der Waals surface area contributed by atoms with Gasteiger partial charge in [0.1, 0.15) is 17.8 Å². The first-order valence-electron chi connectivity index (χ1n) is 11.0. The number of nitrogens with zero attached hydrogens (tertiary/aromatic N) is 7. The summed E-state index contributed by atoms with van der Waals surface area (Å²) in [5.41, 5.74) is 3.15. The average Bonchev–Trinajstić information content (AvgIpc) is 3.19. The normalized spacial score (nSPS) is 10.6. The molecule has 0 saturated carbocycles. The number of azo groups is 1. The number of carbonyl (C=O) groups is 1. The van der Waals surface area contributed by atoms with Crippen LogP contribution in [0.25, 0.3) is 0 Å². The van der Waals surface area contributed by atoms with E-state index in [1.165, 1.54) is 6.92 Å². The van der Waals surface area contributed by atoms with Gasteiger partial charge in [0, 0.05) is 32.2 Å². The van der Waals surface area contributed by atoms with Crippen LogP contribution in [0.3, 0.4) is 0 Å². The molecule has 0 aliphatic carbocycles. The number of hydrogen-bond donors (Lipinski definition) is 1. The molecule has 3 rings (SSSR count). The van der Waals surface area contributed by atoms with Crippen LogP contribution in [-0.2, 0) is 17.8 Å². The van der Waals surface area contributed by atoms with Gasteiger partial charge in [0.15, 0.2) is 11.4 Å². The molecule has 2 aromatic carbocycles. The summed E-state index contributed by atoms with van der Waals surface area (Å²) in [6.45, 7) is 7.61. The molecule has 34 heavy (non-hydrogen) atoms. The van der Waals surface area contributed by atoms with Crippen LogP contribution >= 0.6 is 0 Å². The summed E-state index contributed by atoms with van der Waals surface area (Å²) in [6, 6.07) is 19.4. The van der Waals surface area contributed by atoms with E-state index in [2.05, 4.69) is 45.3 Å². The zero-order valence-corrected chi connectivity index (χ0v) is 19.5. The molecule has 0 unspecified atom stereocenters. The number of hydrogen-bond acceptors (Lipinski definition) is 7. The van der Waals surface area contributed by atoms with Crippen molar-refractivity contribution in [2.24, 2.45) is 10.2 Å². The quantitative estimate of drug-likeness (QED) is 0.451.